The number of nitrogens with one attached hydrogen (secondary N) is 1. The molecule has 33 heavy (non-hydrogen) atoms. The molecule has 0 spiro atoms. The van der Waals surface area contributed by atoms with Crippen LogP contribution in [0.15, 0.2) is 42.5 Å². The summed E-state index contributed by atoms with van der Waals surface area (Å²) in [5.41, 5.74) is 3.66. The van der Waals surface area contributed by atoms with Gasteiger partial charge in [0.05, 0.1) is 10.2 Å². The number of para-hydroxylation sites is 1. The Hall–Kier alpha value is -3.30. The Morgan fingerprint density at radius 3 is 2.64 bits per heavy atom. The van der Waals surface area contributed by atoms with E-state index >= 15 is 0 Å². The summed E-state index contributed by atoms with van der Waals surface area (Å²) < 4.78 is 1.02. The van der Waals surface area contributed by atoms with Crippen LogP contribution in [0.2, 0.25) is 0 Å². The maximum atomic E-state index is 13.2. The van der Waals surface area contributed by atoms with Gasteiger partial charge in [0.1, 0.15) is 0 Å². The van der Waals surface area contributed by atoms with E-state index in [4.69, 9.17) is 0 Å². The molecule has 0 fully saturated rings. The van der Waals surface area contributed by atoms with Crippen LogP contribution in [0.3, 0.4) is 0 Å². The molecule has 0 atom stereocenters. The van der Waals surface area contributed by atoms with Crippen LogP contribution in [-0.2, 0) is 13.0 Å². The number of amides is 1. The topological polar surface area (TPSA) is 95.4 Å². The number of rotatable bonds is 5. The van der Waals surface area contributed by atoms with Crippen LogP contribution < -0.4 is 10.2 Å². The van der Waals surface area contributed by atoms with Crippen LogP contribution in [0.4, 0.5) is 10.3 Å². The molecule has 0 aliphatic carbocycles. The average molecular weight is 479 g/mol. The SMILES string of the molecule is CC(C)c1sc(N2CCc3cccc(C(=O)Nc4nc5ccccc5s4)c3C2)nc1C(=O)O. The third-order valence-corrected chi connectivity index (χ3v) is 8.04. The second kappa shape index (κ2) is 8.57. The lowest BCUT2D eigenvalue weighted by Crippen LogP contribution is -2.32. The summed E-state index contributed by atoms with van der Waals surface area (Å²) in [6.07, 6.45) is 0.761. The van der Waals surface area contributed by atoms with E-state index in [2.05, 4.69) is 20.2 Å². The van der Waals surface area contributed by atoms with Gasteiger partial charge in [0.15, 0.2) is 16.0 Å². The van der Waals surface area contributed by atoms with Crippen LogP contribution >= 0.6 is 22.7 Å². The molecule has 0 unspecified atom stereocenters. The Bertz CT molecular complexity index is 1340. The standard InChI is InChI=1S/C24H22N4O3S2/c1-13(2)20-19(22(30)31)26-24(33-20)28-11-10-14-6-5-7-15(16(14)12-28)21(29)27-23-25-17-8-3-4-9-18(17)32-23/h3-9,13H,10-12H2,1-2H3,(H,30,31)(H,25,27,29). The van der Waals surface area contributed by atoms with Crippen LogP contribution in [0.1, 0.15) is 56.6 Å². The fourth-order valence-electron chi connectivity index (χ4n) is 4.05. The second-order valence-corrected chi connectivity index (χ2v) is 10.3. The predicted octanol–water partition coefficient (Wildman–Crippen LogP) is 5.39. The van der Waals surface area contributed by atoms with Crippen LogP contribution in [-0.4, -0.2) is 33.5 Å². The molecule has 3 heterocycles. The first-order valence-corrected chi connectivity index (χ1v) is 12.3. The number of carbonyl (C=O) groups is 2. The highest BCUT2D eigenvalue weighted by molar-refractivity contribution is 7.22. The Morgan fingerprint density at radius 2 is 1.91 bits per heavy atom. The van der Waals surface area contributed by atoms with Crippen molar-refractivity contribution in [1.29, 1.82) is 0 Å². The molecule has 5 rings (SSSR count). The van der Waals surface area contributed by atoms with Gasteiger partial charge in [-0.3, -0.25) is 10.1 Å². The number of fused-ring (bicyclic) bond motifs is 2. The molecule has 7 nitrogen and oxygen atoms in total. The third kappa shape index (κ3) is 4.09. The summed E-state index contributed by atoms with van der Waals surface area (Å²) >= 11 is 2.87. The molecule has 2 aromatic carbocycles. The summed E-state index contributed by atoms with van der Waals surface area (Å²) in [6.45, 7) is 5.17. The van der Waals surface area contributed by atoms with Gasteiger partial charge in [-0.25, -0.2) is 14.8 Å². The summed E-state index contributed by atoms with van der Waals surface area (Å²) in [5, 5.41) is 13.8. The summed E-state index contributed by atoms with van der Waals surface area (Å²) in [5.74, 6) is -1.12. The summed E-state index contributed by atoms with van der Waals surface area (Å²) in [6, 6.07) is 13.6. The molecule has 2 N–H and O–H groups in total. The zero-order valence-electron chi connectivity index (χ0n) is 18.2. The van der Waals surface area contributed by atoms with Crippen molar-refractivity contribution in [2.45, 2.75) is 32.7 Å². The van der Waals surface area contributed by atoms with E-state index < -0.39 is 5.97 Å². The van der Waals surface area contributed by atoms with Crippen molar-refractivity contribution in [3.05, 3.63) is 69.7 Å². The zero-order valence-corrected chi connectivity index (χ0v) is 19.8. The predicted molar refractivity (Wildman–Crippen MR) is 132 cm³/mol. The minimum absolute atomic E-state index is 0.0783. The average Bonchev–Trinajstić information content (AvgIpc) is 3.42. The molecule has 168 valence electrons. The van der Waals surface area contributed by atoms with E-state index in [0.29, 0.717) is 22.4 Å². The molecular formula is C24H22N4O3S2. The number of thiazole rings is 2. The first kappa shape index (κ1) is 21.5. The van der Waals surface area contributed by atoms with E-state index in [-0.39, 0.29) is 17.5 Å². The fraction of sp³-hybridized carbons (Fsp3) is 0.250. The number of benzene rings is 2. The molecular weight excluding hydrogens is 456 g/mol. The van der Waals surface area contributed by atoms with E-state index in [1.807, 2.05) is 56.3 Å². The number of anilines is 2. The summed E-state index contributed by atoms with van der Waals surface area (Å²) in [7, 11) is 0. The Morgan fingerprint density at radius 1 is 1.09 bits per heavy atom. The number of carboxylic acids is 1. The molecule has 1 aliphatic heterocycles. The highest BCUT2D eigenvalue weighted by Gasteiger charge is 2.27. The molecule has 0 bridgehead atoms. The van der Waals surface area contributed by atoms with Crippen molar-refractivity contribution < 1.29 is 14.7 Å². The first-order valence-electron chi connectivity index (χ1n) is 10.7. The number of aromatic nitrogens is 2. The molecule has 1 amide bonds. The lowest BCUT2D eigenvalue weighted by molar-refractivity contribution is 0.0689. The monoisotopic (exact) mass is 478 g/mol. The molecule has 2 aromatic heterocycles. The van der Waals surface area contributed by atoms with Gasteiger partial charge in [-0.1, -0.05) is 49.4 Å². The van der Waals surface area contributed by atoms with E-state index in [0.717, 1.165) is 39.2 Å². The number of hydrogen-bond donors (Lipinski definition) is 2. The molecule has 9 heteroatoms. The van der Waals surface area contributed by atoms with Gasteiger partial charge in [0.2, 0.25) is 0 Å². The lowest BCUT2D eigenvalue weighted by atomic mass is 9.94. The van der Waals surface area contributed by atoms with E-state index in [1.54, 1.807) is 0 Å². The third-order valence-electron chi connectivity index (χ3n) is 5.67. The van der Waals surface area contributed by atoms with Crippen molar-refractivity contribution in [3.8, 4) is 0 Å². The minimum atomic E-state index is -1.01. The number of carbonyl (C=O) groups excluding carboxylic acids is 1. The number of nitrogens with zero attached hydrogens (tertiary/aromatic N) is 3. The van der Waals surface area contributed by atoms with Crippen molar-refractivity contribution in [1.82, 2.24) is 9.97 Å². The van der Waals surface area contributed by atoms with Gasteiger partial charge in [-0.2, -0.15) is 0 Å². The van der Waals surface area contributed by atoms with Gasteiger partial charge in [0, 0.05) is 23.5 Å². The van der Waals surface area contributed by atoms with Crippen LogP contribution in [0.25, 0.3) is 10.2 Å². The van der Waals surface area contributed by atoms with Gasteiger partial charge in [-0.05, 0) is 41.7 Å². The maximum Gasteiger partial charge on any atom is 0.355 e. The zero-order chi connectivity index (χ0) is 23.1. The molecule has 0 radical (unpaired) electrons. The van der Waals surface area contributed by atoms with Crippen molar-refractivity contribution in [3.63, 3.8) is 0 Å². The number of carboxylic acid groups (broad SMARTS) is 1. The van der Waals surface area contributed by atoms with Gasteiger partial charge < -0.3 is 10.0 Å². The normalized spacial score (nSPS) is 13.4. The van der Waals surface area contributed by atoms with Crippen molar-refractivity contribution in [2.24, 2.45) is 0 Å². The van der Waals surface area contributed by atoms with Gasteiger partial charge >= 0.3 is 5.97 Å². The van der Waals surface area contributed by atoms with Crippen molar-refractivity contribution >= 4 is 55.0 Å². The first-order chi connectivity index (χ1) is 15.9. The van der Waals surface area contributed by atoms with Crippen molar-refractivity contribution in [2.75, 3.05) is 16.8 Å². The lowest BCUT2D eigenvalue weighted by Gasteiger charge is -2.29. The molecule has 1 aliphatic rings. The van der Waals surface area contributed by atoms with E-state index in [1.165, 1.54) is 22.7 Å². The Labute approximate surface area is 198 Å². The largest absolute Gasteiger partial charge is 0.476 e. The molecule has 4 aromatic rings. The number of hydrogen-bond acceptors (Lipinski definition) is 7. The van der Waals surface area contributed by atoms with E-state index in [9.17, 15) is 14.7 Å². The van der Waals surface area contributed by atoms with Gasteiger partial charge in [0.25, 0.3) is 5.91 Å². The Kier molecular flexibility index (Phi) is 5.59. The van der Waals surface area contributed by atoms with Crippen LogP contribution in [0, 0.1) is 0 Å². The second-order valence-electron chi connectivity index (χ2n) is 8.22. The Balaban J connectivity index is 1.43. The summed E-state index contributed by atoms with van der Waals surface area (Å²) in [4.78, 5) is 36.6. The molecule has 0 saturated carbocycles. The quantitative estimate of drug-likeness (QED) is 0.399. The van der Waals surface area contributed by atoms with Gasteiger partial charge in [-0.15, -0.1) is 11.3 Å². The highest BCUT2D eigenvalue weighted by atomic mass is 32.1. The highest BCUT2D eigenvalue weighted by Crippen LogP contribution is 2.35. The van der Waals surface area contributed by atoms with Crippen LogP contribution in [0.5, 0.6) is 0 Å². The number of aromatic carboxylic acids is 1. The maximum absolute atomic E-state index is 13.2. The molecule has 0 saturated heterocycles. The smallest absolute Gasteiger partial charge is 0.355 e. The minimum Gasteiger partial charge on any atom is -0.476 e. The fourth-order valence-corrected chi connectivity index (χ4v) is 5.99.